The van der Waals surface area contributed by atoms with Gasteiger partial charge in [-0.25, -0.2) is 0 Å². The van der Waals surface area contributed by atoms with Gasteiger partial charge in [-0.3, -0.25) is 0 Å². The standard InChI is InChI=1S/C46H30N2O/c1-2-13-35(14-3-1)47-41-17-7-4-11-31(41)21-22-34-29-33(24-27-43(34)47)37-16-10-19-44-38(37)26-23-32-12-5-8-18-42(32)48(44)36-25-28-46-40(30-36)39-15-6-9-20-45(39)49-46/h1-30H. The van der Waals surface area contributed by atoms with Crippen LogP contribution in [0, 0.1) is 0 Å². The number of hydrogen-bond donors (Lipinski definition) is 0. The summed E-state index contributed by atoms with van der Waals surface area (Å²) in [5.41, 5.74) is 15.7. The van der Waals surface area contributed by atoms with Crippen LogP contribution in [-0.4, -0.2) is 0 Å². The van der Waals surface area contributed by atoms with Crippen LogP contribution in [0.4, 0.5) is 34.1 Å². The molecule has 0 radical (unpaired) electrons. The van der Waals surface area contributed by atoms with Crippen molar-refractivity contribution in [2.24, 2.45) is 0 Å². The molecule has 3 heterocycles. The molecule has 0 atom stereocenters. The fraction of sp³-hybridized carbons (Fsp3) is 0. The minimum atomic E-state index is 0.893. The second kappa shape index (κ2) is 11.0. The van der Waals surface area contributed by atoms with Crippen LogP contribution in [0.2, 0.25) is 0 Å². The Labute approximate surface area is 284 Å². The van der Waals surface area contributed by atoms with Crippen LogP contribution in [0.15, 0.2) is 162 Å². The number of fused-ring (bicyclic) bond motifs is 7. The van der Waals surface area contributed by atoms with Gasteiger partial charge in [0.2, 0.25) is 0 Å². The fourth-order valence-electron chi connectivity index (χ4n) is 7.50. The summed E-state index contributed by atoms with van der Waals surface area (Å²) in [6, 6.07) is 56.2. The smallest absolute Gasteiger partial charge is 0.135 e. The zero-order valence-corrected chi connectivity index (χ0v) is 26.6. The van der Waals surface area contributed by atoms with Crippen molar-refractivity contribution in [1.82, 2.24) is 0 Å². The Morgan fingerprint density at radius 3 is 1.84 bits per heavy atom. The van der Waals surface area contributed by atoms with Crippen LogP contribution < -0.4 is 9.80 Å². The first kappa shape index (κ1) is 27.5. The summed E-state index contributed by atoms with van der Waals surface area (Å²) in [5, 5.41) is 2.24. The minimum Gasteiger partial charge on any atom is -0.456 e. The molecule has 49 heavy (non-hydrogen) atoms. The summed E-state index contributed by atoms with van der Waals surface area (Å²) in [5.74, 6) is 0. The Kier molecular flexibility index (Phi) is 6.18. The molecule has 3 nitrogen and oxygen atoms in total. The number of rotatable bonds is 3. The van der Waals surface area contributed by atoms with E-state index in [1.807, 2.05) is 12.1 Å². The summed E-state index contributed by atoms with van der Waals surface area (Å²) in [7, 11) is 0. The van der Waals surface area contributed by atoms with Crippen molar-refractivity contribution in [3.8, 4) is 11.1 Å². The van der Waals surface area contributed by atoms with Gasteiger partial charge < -0.3 is 14.2 Å². The van der Waals surface area contributed by atoms with E-state index in [4.69, 9.17) is 4.42 Å². The van der Waals surface area contributed by atoms with Gasteiger partial charge in [0.25, 0.3) is 0 Å². The molecule has 0 amide bonds. The largest absolute Gasteiger partial charge is 0.456 e. The number of benzene rings is 7. The Bertz CT molecular complexity index is 2630. The number of anilines is 6. The average molecular weight is 627 g/mol. The molecule has 0 saturated heterocycles. The predicted octanol–water partition coefficient (Wildman–Crippen LogP) is 13.2. The molecule has 2 aliphatic heterocycles. The van der Waals surface area contributed by atoms with Gasteiger partial charge in [-0.2, -0.15) is 0 Å². The summed E-state index contributed by atoms with van der Waals surface area (Å²) < 4.78 is 6.21. The third-order valence-corrected chi connectivity index (χ3v) is 9.76. The first-order chi connectivity index (χ1) is 24.3. The van der Waals surface area contributed by atoms with E-state index in [-0.39, 0.29) is 0 Å². The van der Waals surface area contributed by atoms with Crippen LogP contribution >= 0.6 is 0 Å². The normalized spacial score (nSPS) is 13.1. The van der Waals surface area contributed by atoms with Crippen molar-refractivity contribution in [1.29, 1.82) is 0 Å². The van der Waals surface area contributed by atoms with E-state index >= 15 is 0 Å². The maximum atomic E-state index is 6.21. The number of nitrogens with zero attached hydrogens (tertiary/aromatic N) is 2. The van der Waals surface area contributed by atoms with E-state index in [9.17, 15) is 0 Å². The highest BCUT2D eigenvalue weighted by atomic mass is 16.3. The van der Waals surface area contributed by atoms with Gasteiger partial charge in [0.05, 0.1) is 22.7 Å². The molecule has 1 aromatic heterocycles. The number of furan rings is 1. The predicted molar refractivity (Wildman–Crippen MR) is 206 cm³/mol. The van der Waals surface area contributed by atoms with Gasteiger partial charge in [0.15, 0.2) is 0 Å². The highest BCUT2D eigenvalue weighted by molar-refractivity contribution is 6.07. The third-order valence-electron chi connectivity index (χ3n) is 9.76. The van der Waals surface area contributed by atoms with Crippen LogP contribution in [0.25, 0.3) is 57.4 Å². The lowest BCUT2D eigenvalue weighted by Gasteiger charge is -2.29. The Balaban J connectivity index is 1.15. The Hall–Kier alpha value is -6.58. The van der Waals surface area contributed by atoms with Gasteiger partial charge in [-0.1, -0.05) is 115 Å². The fourth-order valence-corrected chi connectivity index (χ4v) is 7.50. The SMILES string of the molecule is C1=Cc2cc(-c3cccc4c3C=Cc3ccccc3N4c3ccc4oc5ccccc5c4c3)ccc2N(c2ccccc2)c2ccccc21. The lowest BCUT2D eigenvalue weighted by molar-refractivity contribution is 0.669. The van der Waals surface area contributed by atoms with E-state index in [0.717, 1.165) is 50.4 Å². The van der Waals surface area contributed by atoms with Crippen molar-refractivity contribution in [3.63, 3.8) is 0 Å². The third kappa shape index (κ3) is 4.44. The van der Waals surface area contributed by atoms with Crippen LogP contribution in [0.1, 0.15) is 22.3 Å². The maximum Gasteiger partial charge on any atom is 0.135 e. The van der Waals surface area contributed by atoms with Crippen molar-refractivity contribution in [2.45, 2.75) is 0 Å². The lowest BCUT2D eigenvalue weighted by atomic mass is 9.95. The molecular weight excluding hydrogens is 597 g/mol. The second-order valence-corrected chi connectivity index (χ2v) is 12.6. The van der Waals surface area contributed by atoms with E-state index in [1.165, 1.54) is 39.1 Å². The van der Waals surface area contributed by atoms with E-state index in [2.05, 4.69) is 180 Å². The quantitative estimate of drug-likeness (QED) is 0.195. The van der Waals surface area contributed by atoms with Crippen LogP contribution in [0.5, 0.6) is 0 Å². The molecule has 0 N–H and O–H groups in total. The van der Waals surface area contributed by atoms with Gasteiger partial charge in [0.1, 0.15) is 11.2 Å². The van der Waals surface area contributed by atoms with Crippen LogP contribution in [-0.2, 0) is 0 Å². The van der Waals surface area contributed by atoms with E-state index in [1.54, 1.807) is 0 Å². The monoisotopic (exact) mass is 626 g/mol. The number of hydrogen-bond acceptors (Lipinski definition) is 3. The summed E-state index contributed by atoms with van der Waals surface area (Å²) in [6.07, 6.45) is 9.02. The molecule has 0 saturated carbocycles. The molecular formula is C46H30N2O. The average Bonchev–Trinajstić information content (AvgIpc) is 3.32. The molecule has 3 heteroatoms. The summed E-state index contributed by atoms with van der Waals surface area (Å²) >= 11 is 0. The zero-order valence-electron chi connectivity index (χ0n) is 26.6. The summed E-state index contributed by atoms with van der Waals surface area (Å²) in [4.78, 5) is 4.76. The maximum absolute atomic E-state index is 6.21. The Morgan fingerprint density at radius 2 is 1.00 bits per heavy atom. The molecule has 0 bridgehead atoms. The molecule has 0 spiro atoms. The molecule has 0 fully saturated rings. The zero-order chi connectivity index (χ0) is 32.3. The first-order valence-electron chi connectivity index (χ1n) is 16.7. The molecule has 230 valence electrons. The molecule has 8 aromatic rings. The lowest BCUT2D eigenvalue weighted by Crippen LogP contribution is -2.12. The van der Waals surface area contributed by atoms with Gasteiger partial charge in [0, 0.05) is 27.7 Å². The van der Waals surface area contributed by atoms with Crippen molar-refractivity contribution >= 4 is 80.4 Å². The van der Waals surface area contributed by atoms with Gasteiger partial charge in [-0.15, -0.1) is 0 Å². The summed E-state index contributed by atoms with van der Waals surface area (Å²) in [6.45, 7) is 0. The van der Waals surface area contributed by atoms with Crippen LogP contribution in [0.3, 0.4) is 0 Å². The Morgan fingerprint density at radius 1 is 0.367 bits per heavy atom. The van der Waals surface area contributed by atoms with E-state index in [0.29, 0.717) is 0 Å². The highest BCUT2D eigenvalue weighted by Crippen LogP contribution is 2.48. The molecule has 0 aliphatic carbocycles. The minimum absolute atomic E-state index is 0.893. The molecule has 0 unspecified atom stereocenters. The molecule has 2 aliphatic rings. The van der Waals surface area contributed by atoms with Crippen molar-refractivity contribution in [2.75, 3.05) is 9.80 Å². The van der Waals surface area contributed by atoms with Gasteiger partial charge >= 0.3 is 0 Å². The first-order valence-corrected chi connectivity index (χ1v) is 16.7. The van der Waals surface area contributed by atoms with E-state index < -0.39 is 0 Å². The molecule has 10 rings (SSSR count). The molecule has 7 aromatic carbocycles. The topological polar surface area (TPSA) is 19.6 Å². The second-order valence-electron chi connectivity index (χ2n) is 12.6. The number of para-hydroxylation sites is 4. The van der Waals surface area contributed by atoms with Crippen molar-refractivity contribution in [3.05, 3.63) is 180 Å². The van der Waals surface area contributed by atoms with Crippen molar-refractivity contribution < 1.29 is 4.42 Å². The van der Waals surface area contributed by atoms with Gasteiger partial charge in [-0.05, 0) is 94.5 Å². The highest BCUT2D eigenvalue weighted by Gasteiger charge is 2.24.